The van der Waals surface area contributed by atoms with Crippen molar-refractivity contribution in [2.24, 2.45) is 10.3 Å². The van der Waals surface area contributed by atoms with Gasteiger partial charge in [-0.05, 0) is 58.6 Å². The van der Waals surface area contributed by atoms with Crippen LogP contribution in [0.5, 0.6) is 0 Å². The summed E-state index contributed by atoms with van der Waals surface area (Å²) in [7, 11) is 0. The van der Waals surface area contributed by atoms with Crippen LogP contribution in [0.3, 0.4) is 0 Å². The highest BCUT2D eigenvalue weighted by atomic mass is 16.3. The van der Waals surface area contributed by atoms with Crippen molar-refractivity contribution in [3.8, 4) is 0 Å². The van der Waals surface area contributed by atoms with Crippen molar-refractivity contribution < 1.29 is 4.79 Å². The molecule has 4 aromatic rings. The molecule has 1 aliphatic heterocycles. The first-order valence-corrected chi connectivity index (χ1v) is 12.5. The number of nitrogens with zero attached hydrogens (tertiary/aromatic N) is 6. The van der Waals surface area contributed by atoms with E-state index in [2.05, 4.69) is 30.9 Å². The molecule has 1 amide bonds. The summed E-state index contributed by atoms with van der Waals surface area (Å²) in [5.74, 6) is -0.328. The van der Waals surface area contributed by atoms with Crippen LogP contribution < -0.4 is 10.6 Å². The fraction of sp³-hybridized carbons (Fsp3) is 0.138. The topological polar surface area (TPSA) is 161 Å². The number of amides is 1. The lowest BCUT2D eigenvalue weighted by Crippen LogP contribution is -2.22. The Hall–Kier alpha value is -5.54. The number of nitrogens with one attached hydrogen (secondary N) is 3. The minimum atomic E-state index is -0.328. The maximum atomic E-state index is 13.8. The van der Waals surface area contributed by atoms with E-state index in [-0.39, 0.29) is 18.5 Å². The number of azide groups is 1. The van der Waals surface area contributed by atoms with Crippen LogP contribution in [0.15, 0.2) is 89.2 Å². The highest BCUT2D eigenvalue weighted by Crippen LogP contribution is 2.36. The average molecular weight is 532 g/mol. The molecule has 3 aromatic carbocycles. The number of anilines is 2. The fourth-order valence-corrected chi connectivity index (χ4v) is 4.68. The maximum absolute atomic E-state index is 13.8. The number of nitroso groups, excluding NO2 is 1. The number of hydrogen-bond acceptors (Lipinski definition) is 7. The molecule has 0 radical (unpaired) electrons. The number of para-hydroxylation sites is 1. The second kappa shape index (κ2) is 11.5. The van der Waals surface area contributed by atoms with E-state index in [9.17, 15) is 9.70 Å². The number of carbonyl (C=O) groups is 1. The van der Waals surface area contributed by atoms with Crippen LogP contribution in [-0.2, 0) is 17.9 Å². The third kappa shape index (κ3) is 5.35. The second-order valence-corrected chi connectivity index (χ2v) is 9.22. The lowest BCUT2D eigenvalue weighted by Gasteiger charge is -2.26. The van der Waals surface area contributed by atoms with Crippen molar-refractivity contribution >= 4 is 34.8 Å². The molecule has 2 heterocycles. The Morgan fingerprint density at radius 1 is 1.15 bits per heavy atom. The van der Waals surface area contributed by atoms with Gasteiger partial charge in [-0.2, -0.15) is 5.10 Å². The molecule has 11 heteroatoms. The summed E-state index contributed by atoms with van der Waals surface area (Å²) < 4.78 is 1.72. The van der Waals surface area contributed by atoms with Gasteiger partial charge in [-0.3, -0.25) is 9.48 Å². The van der Waals surface area contributed by atoms with Crippen LogP contribution in [0.25, 0.3) is 16.0 Å². The molecule has 198 valence electrons. The van der Waals surface area contributed by atoms with Crippen LogP contribution in [0.4, 0.5) is 17.1 Å². The van der Waals surface area contributed by atoms with Gasteiger partial charge >= 0.3 is 0 Å². The molecule has 0 fully saturated rings. The van der Waals surface area contributed by atoms with Crippen molar-refractivity contribution in [1.29, 1.82) is 5.41 Å². The number of aromatic nitrogens is 2. The van der Waals surface area contributed by atoms with Crippen LogP contribution in [-0.4, -0.2) is 21.9 Å². The third-order valence-corrected chi connectivity index (χ3v) is 6.70. The predicted octanol–water partition coefficient (Wildman–Crippen LogP) is 6.63. The second-order valence-electron chi connectivity index (χ2n) is 9.22. The van der Waals surface area contributed by atoms with Gasteiger partial charge < -0.3 is 16.0 Å². The van der Waals surface area contributed by atoms with E-state index < -0.39 is 0 Å². The van der Waals surface area contributed by atoms with Gasteiger partial charge in [0, 0.05) is 28.0 Å². The minimum Gasteiger partial charge on any atom is -0.374 e. The first-order chi connectivity index (χ1) is 19.5. The molecule has 1 atom stereocenters. The summed E-state index contributed by atoms with van der Waals surface area (Å²) in [6.45, 7) is 2.19. The van der Waals surface area contributed by atoms with Crippen molar-refractivity contribution in [1.82, 2.24) is 9.78 Å². The summed E-state index contributed by atoms with van der Waals surface area (Å²) in [5.41, 5.74) is 15.6. The maximum Gasteiger partial charge on any atom is 0.256 e. The lowest BCUT2D eigenvalue weighted by molar-refractivity contribution is -0.111. The molecule has 1 aliphatic rings. The molecule has 3 N–H and O–H groups in total. The quantitative estimate of drug-likeness (QED) is 0.0726. The van der Waals surface area contributed by atoms with Gasteiger partial charge in [0.05, 0.1) is 36.2 Å². The summed E-state index contributed by atoms with van der Waals surface area (Å²) >= 11 is 0. The van der Waals surface area contributed by atoms with Gasteiger partial charge in [-0.15, -0.1) is 4.91 Å². The van der Waals surface area contributed by atoms with E-state index in [1.54, 1.807) is 35.9 Å². The Kier molecular flexibility index (Phi) is 7.47. The number of aryl methyl sites for hydroxylation is 1. The van der Waals surface area contributed by atoms with Crippen molar-refractivity contribution in [2.45, 2.75) is 26.1 Å². The molecule has 1 unspecified atom stereocenters. The van der Waals surface area contributed by atoms with E-state index in [1.807, 2.05) is 54.6 Å². The van der Waals surface area contributed by atoms with E-state index in [0.717, 1.165) is 27.9 Å². The normalized spacial score (nSPS) is 13.7. The summed E-state index contributed by atoms with van der Waals surface area (Å²) in [4.78, 5) is 27.6. The third-order valence-electron chi connectivity index (χ3n) is 6.70. The van der Waals surface area contributed by atoms with Gasteiger partial charge in [-0.1, -0.05) is 59.7 Å². The molecular weight excluding hydrogens is 506 g/mol. The molecule has 5 rings (SSSR count). The van der Waals surface area contributed by atoms with Crippen molar-refractivity contribution in [3.63, 3.8) is 0 Å². The Morgan fingerprint density at radius 3 is 2.60 bits per heavy atom. The van der Waals surface area contributed by atoms with Crippen LogP contribution in [0.1, 0.15) is 39.7 Å². The Balaban J connectivity index is 1.48. The standard InChI is InChI=1S/C29H25N9O2/c1-18-28(27(16-32-37-31)38(35-18)17-20-8-6-19(15-30)7-9-20)34-29(39)24-14-26(21-10-12-22(36-40)13-11-21)33-25-5-3-2-4-23(24)25/h2-15,26,30,33H,16-17H2,1H3,(H,34,39). The van der Waals surface area contributed by atoms with Crippen LogP contribution in [0, 0.1) is 17.2 Å². The first kappa shape index (κ1) is 26.1. The molecule has 0 bridgehead atoms. The average Bonchev–Trinajstić information content (AvgIpc) is 3.28. The van der Waals surface area contributed by atoms with Gasteiger partial charge in [-0.25, -0.2) is 0 Å². The SMILES string of the molecule is Cc1nn(Cc2ccc(C=N)cc2)c(CN=[N+]=[N-])c1NC(=O)C1=CC(c2ccc(N=O)cc2)Nc2ccccc21. The van der Waals surface area contributed by atoms with E-state index in [0.29, 0.717) is 34.9 Å². The summed E-state index contributed by atoms with van der Waals surface area (Å²) in [5, 5.41) is 25.2. The molecule has 0 spiro atoms. The molecule has 0 saturated carbocycles. The molecule has 40 heavy (non-hydrogen) atoms. The Morgan fingerprint density at radius 2 is 1.90 bits per heavy atom. The van der Waals surface area contributed by atoms with E-state index in [1.165, 1.54) is 6.21 Å². The zero-order chi connectivity index (χ0) is 28.1. The van der Waals surface area contributed by atoms with Crippen molar-refractivity contribution in [2.75, 3.05) is 10.6 Å². The predicted molar refractivity (Wildman–Crippen MR) is 155 cm³/mol. The van der Waals surface area contributed by atoms with Gasteiger partial charge in [0.15, 0.2) is 0 Å². The number of fused-ring (bicyclic) bond motifs is 1. The smallest absolute Gasteiger partial charge is 0.256 e. The number of carbonyl (C=O) groups excluding carboxylic acids is 1. The molecule has 0 saturated heterocycles. The summed E-state index contributed by atoms with van der Waals surface area (Å²) in [6, 6.07) is 21.6. The lowest BCUT2D eigenvalue weighted by atomic mass is 9.93. The molecule has 1 aromatic heterocycles. The number of benzene rings is 3. The largest absolute Gasteiger partial charge is 0.374 e. The van der Waals surface area contributed by atoms with Gasteiger partial charge in [0.1, 0.15) is 5.69 Å². The molecular formula is C29H25N9O2. The Bertz CT molecular complexity index is 1660. The summed E-state index contributed by atoms with van der Waals surface area (Å²) in [6.07, 6.45) is 3.12. The highest BCUT2D eigenvalue weighted by molar-refractivity contribution is 6.27. The van der Waals surface area contributed by atoms with Gasteiger partial charge in [0.25, 0.3) is 5.91 Å². The highest BCUT2D eigenvalue weighted by Gasteiger charge is 2.26. The van der Waals surface area contributed by atoms with Crippen molar-refractivity contribution in [3.05, 3.63) is 128 Å². The van der Waals surface area contributed by atoms with E-state index >= 15 is 0 Å². The monoisotopic (exact) mass is 531 g/mol. The minimum absolute atomic E-state index is 0.00245. The Labute approximate surface area is 229 Å². The molecule has 11 nitrogen and oxygen atoms in total. The van der Waals surface area contributed by atoms with Gasteiger partial charge in [0.2, 0.25) is 0 Å². The number of rotatable bonds is 9. The van der Waals surface area contributed by atoms with E-state index in [4.69, 9.17) is 10.9 Å². The van der Waals surface area contributed by atoms with Crippen LogP contribution in [0.2, 0.25) is 0 Å². The van der Waals surface area contributed by atoms with Crippen LogP contribution >= 0.6 is 0 Å². The zero-order valence-electron chi connectivity index (χ0n) is 21.6. The molecule has 0 aliphatic carbocycles. The number of hydrogen-bond donors (Lipinski definition) is 3. The first-order valence-electron chi connectivity index (χ1n) is 12.5. The fourth-order valence-electron chi connectivity index (χ4n) is 4.68. The zero-order valence-corrected chi connectivity index (χ0v) is 21.6.